The minimum Gasteiger partial charge on any atom is -0.383 e. The molecule has 0 aliphatic carbocycles. The zero-order valence-electron chi connectivity index (χ0n) is 8.76. The van der Waals surface area contributed by atoms with Crippen LogP contribution >= 0.6 is 0 Å². The van der Waals surface area contributed by atoms with Crippen LogP contribution in [0.3, 0.4) is 0 Å². The summed E-state index contributed by atoms with van der Waals surface area (Å²) < 4.78 is 5.01. The van der Waals surface area contributed by atoms with Gasteiger partial charge in [0.15, 0.2) is 0 Å². The number of hydrogen-bond acceptors (Lipinski definition) is 5. The fraction of sp³-hybridized carbons (Fsp3) is 0.500. The monoisotopic (exact) mass is 206 g/mol. The summed E-state index contributed by atoms with van der Waals surface area (Å²) in [5.41, 5.74) is 0. The number of anilines is 1. The topological polar surface area (TPSA) is 62.0 Å². The summed E-state index contributed by atoms with van der Waals surface area (Å²) in [4.78, 5) is 10.00. The molecule has 0 atom stereocenters. The molecule has 1 aromatic heterocycles. The molecular weight excluding hydrogens is 192 g/mol. The van der Waals surface area contributed by atoms with Gasteiger partial charge in [-0.1, -0.05) is 0 Å². The average molecular weight is 206 g/mol. The van der Waals surface area contributed by atoms with Gasteiger partial charge in [-0.2, -0.15) is 5.26 Å². The molecule has 0 N–H and O–H groups in total. The molecule has 1 rings (SSSR count). The Morgan fingerprint density at radius 3 is 3.00 bits per heavy atom. The van der Waals surface area contributed by atoms with Crippen LogP contribution in [-0.2, 0) is 4.74 Å². The molecule has 0 saturated carbocycles. The van der Waals surface area contributed by atoms with Crippen LogP contribution < -0.4 is 4.90 Å². The van der Waals surface area contributed by atoms with Crippen LogP contribution in [0.1, 0.15) is 6.42 Å². The highest BCUT2D eigenvalue weighted by molar-refractivity contribution is 5.36. The lowest BCUT2D eigenvalue weighted by Gasteiger charge is -2.21. The maximum atomic E-state index is 8.55. The summed E-state index contributed by atoms with van der Waals surface area (Å²) in [5, 5.41) is 8.55. The van der Waals surface area contributed by atoms with Gasteiger partial charge in [0.25, 0.3) is 0 Å². The van der Waals surface area contributed by atoms with Crippen LogP contribution in [0.15, 0.2) is 18.6 Å². The molecule has 0 aromatic carbocycles. The van der Waals surface area contributed by atoms with E-state index in [0.717, 1.165) is 12.4 Å². The number of nitrogens with zero attached hydrogens (tertiary/aromatic N) is 4. The molecule has 0 amide bonds. The highest BCUT2D eigenvalue weighted by Gasteiger charge is 2.06. The van der Waals surface area contributed by atoms with Gasteiger partial charge in [-0.15, -0.1) is 0 Å². The van der Waals surface area contributed by atoms with Crippen LogP contribution in [0.4, 0.5) is 5.82 Å². The number of methoxy groups -OCH3 is 1. The average Bonchev–Trinajstić information content (AvgIpc) is 2.30. The van der Waals surface area contributed by atoms with E-state index < -0.39 is 0 Å². The van der Waals surface area contributed by atoms with Crippen molar-refractivity contribution in [2.24, 2.45) is 0 Å². The van der Waals surface area contributed by atoms with Crippen LogP contribution in [0.2, 0.25) is 0 Å². The van der Waals surface area contributed by atoms with Gasteiger partial charge in [0.05, 0.1) is 19.1 Å². The van der Waals surface area contributed by atoms with Crippen molar-refractivity contribution in [1.29, 1.82) is 5.26 Å². The Hall–Kier alpha value is -1.67. The molecule has 0 spiro atoms. The van der Waals surface area contributed by atoms with Gasteiger partial charge >= 0.3 is 0 Å². The van der Waals surface area contributed by atoms with Crippen molar-refractivity contribution < 1.29 is 4.74 Å². The summed E-state index contributed by atoms with van der Waals surface area (Å²) in [7, 11) is 1.66. The normalized spacial score (nSPS) is 9.60. The van der Waals surface area contributed by atoms with Crippen LogP contribution in [0.5, 0.6) is 0 Å². The fourth-order valence-corrected chi connectivity index (χ4v) is 1.20. The van der Waals surface area contributed by atoms with Crippen molar-refractivity contribution in [3.63, 3.8) is 0 Å². The minimum atomic E-state index is 0.480. The number of nitriles is 1. The molecule has 0 radical (unpaired) electrons. The lowest BCUT2D eigenvalue weighted by Crippen LogP contribution is -2.28. The van der Waals surface area contributed by atoms with Crippen molar-refractivity contribution in [2.75, 3.05) is 31.7 Å². The lowest BCUT2D eigenvalue weighted by atomic mass is 10.4. The lowest BCUT2D eigenvalue weighted by molar-refractivity contribution is 0.205. The Morgan fingerprint density at radius 2 is 2.40 bits per heavy atom. The van der Waals surface area contributed by atoms with E-state index in [4.69, 9.17) is 10.00 Å². The highest BCUT2D eigenvalue weighted by Crippen LogP contribution is 2.07. The summed E-state index contributed by atoms with van der Waals surface area (Å²) in [5.74, 6) is 0.831. The van der Waals surface area contributed by atoms with Crippen molar-refractivity contribution in [3.05, 3.63) is 18.6 Å². The molecule has 0 unspecified atom stereocenters. The molecule has 5 heteroatoms. The fourth-order valence-electron chi connectivity index (χ4n) is 1.20. The number of aromatic nitrogens is 2. The first-order valence-electron chi connectivity index (χ1n) is 4.75. The van der Waals surface area contributed by atoms with E-state index in [0.29, 0.717) is 19.6 Å². The Balaban J connectivity index is 2.59. The Bertz CT molecular complexity index is 309. The van der Waals surface area contributed by atoms with E-state index in [1.807, 2.05) is 11.0 Å². The molecule has 1 aromatic rings. The Labute approximate surface area is 89.3 Å². The quantitative estimate of drug-likeness (QED) is 0.690. The molecule has 0 bridgehead atoms. The van der Waals surface area contributed by atoms with Gasteiger partial charge in [-0.05, 0) is 6.07 Å². The molecule has 80 valence electrons. The van der Waals surface area contributed by atoms with Crippen LogP contribution in [0, 0.1) is 11.3 Å². The molecule has 0 fully saturated rings. The van der Waals surface area contributed by atoms with E-state index in [9.17, 15) is 0 Å². The number of ether oxygens (including phenoxy) is 1. The zero-order chi connectivity index (χ0) is 10.9. The molecule has 0 aliphatic rings. The largest absolute Gasteiger partial charge is 0.383 e. The molecule has 1 heterocycles. The molecular formula is C10H14N4O. The van der Waals surface area contributed by atoms with Crippen molar-refractivity contribution >= 4 is 5.82 Å². The smallest absolute Gasteiger partial charge is 0.132 e. The first kappa shape index (κ1) is 11.4. The van der Waals surface area contributed by atoms with Gasteiger partial charge in [0, 0.05) is 26.4 Å². The van der Waals surface area contributed by atoms with Crippen LogP contribution in [0.25, 0.3) is 0 Å². The summed E-state index contributed by atoms with van der Waals surface area (Å²) in [6, 6.07) is 3.94. The third-order valence-electron chi connectivity index (χ3n) is 1.95. The molecule has 5 nitrogen and oxygen atoms in total. The van der Waals surface area contributed by atoms with Crippen LogP contribution in [-0.4, -0.2) is 36.8 Å². The highest BCUT2D eigenvalue weighted by atomic mass is 16.5. The maximum Gasteiger partial charge on any atom is 0.132 e. The van der Waals surface area contributed by atoms with Gasteiger partial charge in [0.1, 0.15) is 12.1 Å². The van der Waals surface area contributed by atoms with Gasteiger partial charge in [-0.3, -0.25) is 0 Å². The van der Waals surface area contributed by atoms with E-state index in [1.54, 1.807) is 13.3 Å². The number of hydrogen-bond donors (Lipinski definition) is 0. The predicted octanol–water partition coefficient (Wildman–Crippen LogP) is 0.843. The van der Waals surface area contributed by atoms with Gasteiger partial charge in [0.2, 0.25) is 0 Å². The third kappa shape index (κ3) is 3.92. The molecule has 0 aliphatic heterocycles. The minimum absolute atomic E-state index is 0.480. The first-order valence-corrected chi connectivity index (χ1v) is 4.75. The van der Waals surface area contributed by atoms with Crippen molar-refractivity contribution in [1.82, 2.24) is 9.97 Å². The zero-order valence-corrected chi connectivity index (χ0v) is 8.76. The van der Waals surface area contributed by atoms with E-state index in [1.165, 1.54) is 6.33 Å². The first-order chi connectivity index (χ1) is 7.38. The van der Waals surface area contributed by atoms with Crippen molar-refractivity contribution in [3.8, 4) is 6.07 Å². The Kier molecular flexibility index (Phi) is 5.12. The predicted molar refractivity (Wildman–Crippen MR) is 56.4 cm³/mol. The second-order valence-corrected chi connectivity index (χ2v) is 2.96. The van der Waals surface area contributed by atoms with E-state index in [2.05, 4.69) is 16.0 Å². The van der Waals surface area contributed by atoms with E-state index in [-0.39, 0.29) is 0 Å². The SMILES string of the molecule is COCCN(CCC#N)c1ccncn1. The standard InChI is InChI=1S/C10H14N4O/c1-15-8-7-14(6-2-4-11)10-3-5-12-9-13-10/h3,5,9H,2,6-8H2,1H3. The second kappa shape index (κ2) is 6.74. The van der Waals surface area contributed by atoms with Gasteiger partial charge in [-0.25, -0.2) is 9.97 Å². The molecule has 15 heavy (non-hydrogen) atoms. The van der Waals surface area contributed by atoms with Crippen molar-refractivity contribution in [2.45, 2.75) is 6.42 Å². The number of rotatable bonds is 6. The molecule has 0 saturated heterocycles. The third-order valence-corrected chi connectivity index (χ3v) is 1.95. The van der Waals surface area contributed by atoms with Gasteiger partial charge < -0.3 is 9.64 Å². The summed E-state index contributed by atoms with van der Waals surface area (Å²) in [6.07, 6.45) is 3.67. The second-order valence-electron chi connectivity index (χ2n) is 2.96. The van der Waals surface area contributed by atoms with E-state index >= 15 is 0 Å². The summed E-state index contributed by atoms with van der Waals surface area (Å²) in [6.45, 7) is 2.02. The maximum absolute atomic E-state index is 8.55. The summed E-state index contributed by atoms with van der Waals surface area (Å²) >= 11 is 0. The Morgan fingerprint density at radius 1 is 1.53 bits per heavy atom.